The van der Waals surface area contributed by atoms with Gasteiger partial charge in [-0.3, -0.25) is 29.0 Å². The van der Waals surface area contributed by atoms with Crippen molar-refractivity contribution in [2.75, 3.05) is 14.1 Å². The molecular weight excluding hydrogens is 479 g/mol. The van der Waals surface area contributed by atoms with Gasteiger partial charge in [0.25, 0.3) is 11.8 Å². The number of halogens is 3. The number of alkyl halides is 2. The first-order chi connectivity index (χ1) is 14.9. The molecule has 2 saturated heterocycles. The molecule has 6 atom stereocenters. The lowest BCUT2D eigenvalue weighted by Crippen LogP contribution is -2.60. The fourth-order valence-corrected chi connectivity index (χ4v) is 7.20. The average Bonchev–Trinajstić information content (AvgIpc) is 3.05. The summed E-state index contributed by atoms with van der Waals surface area (Å²) in [5.41, 5.74) is 0.858. The molecule has 10 heteroatoms. The Balaban J connectivity index is 1.78. The maximum atomic E-state index is 13.3. The second kappa shape index (κ2) is 6.72. The summed E-state index contributed by atoms with van der Waals surface area (Å²) in [7, 11) is 2.75. The van der Waals surface area contributed by atoms with Crippen LogP contribution in [-0.4, -0.2) is 62.4 Å². The van der Waals surface area contributed by atoms with Crippen LogP contribution in [0.5, 0.6) is 5.75 Å². The Kier molecular flexibility index (Phi) is 4.56. The predicted molar refractivity (Wildman–Crippen MR) is 116 cm³/mol. The first-order valence-corrected chi connectivity index (χ1v) is 11.3. The highest BCUT2D eigenvalue weighted by Gasteiger charge is 2.76. The van der Waals surface area contributed by atoms with Gasteiger partial charge in [0.15, 0.2) is 9.75 Å². The van der Waals surface area contributed by atoms with Crippen LogP contribution in [0.3, 0.4) is 0 Å². The number of allylic oxidation sites excluding steroid dienone is 2. The van der Waals surface area contributed by atoms with Gasteiger partial charge < -0.3 is 5.11 Å². The van der Waals surface area contributed by atoms with E-state index in [2.05, 4.69) is 0 Å². The van der Waals surface area contributed by atoms with E-state index in [0.717, 1.165) is 9.80 Å². The van der Waals surface area contributed by atoms with Crippen LogP contribution in [0.1, 0.15) is 24.3 Å². The zero-order chi connectivity index (χ0) is 23.3. The van der Waals surface area contributed by atoms with E-state index in [1.165, 1.54) is 32.3 Å². The van der Waals surface area contributed by atoms with Crippen molar-refractivity contribution in [3.05, 3.63) is 40.4 Å². The van der Waals surface area contributed by atoms with Crippen LogP contribution in [0.25, 0.3) is 0 Å². The van der Waals surface area contributed by atoms with Crippen molar-refractivity contribution in [3.63, 3.8) is 0 Å². The van der Waals surface area contributed by atoms with Crippen LogP contribution in [-0.2, 0) is 19.2 Å². The Morgan fingerprint density at radius 2 is 1.69 bits per heavy atom. The topological polar surface area (TPSA) is 95.0 Å². The first kappa shape index (κ1) is 21.7. The Morgan fingerprint density at radius 1 is 1.00 bits per heavy atom. The van der Waals surface area contributed by atoms with Crippen molar-refractivity contribution in [3.8, 4) is 5.75 Å². The van der Waals surface area contributed by atoms with Gasteiger partial charge in [0.2, 0.25) is 11.8 Å². The Morgan fingerprint density at radius 3 is 2.38 bits per heavy atom. The summed E-state index contributed by atoms with van der Waals surface area (Å²) in [6, 6.07) is 4.36. The number of imide groups is 2. The zero-order valence-corrected chi connectivity index (χ0v) is 19.4. The second-order valence-corrected chi connectivity index (χ2v) is 10.6. The van der Waals surface area contributed by atoms with Crippen LogP contribution in [0.15, 0.2) is 29.8 Å². The summed E-state index contributed by atoms with van der Waals surface area (Å²) in [6.07, 6.45) is 2.01. The Hall–Kier alpha value is -2.09. The molecule has 6 unspecified atom stereocenters. The maximum Gasteiger partial charge on any atom is 0.253 e. The van der Waals surface area contributed by atoms with E-state index in [1.54, 1.807) is 6.08 Å². The highest BCUT2D eigenvalue weighted by Crippen LogP contribution is 2.65. The largest absolute Gasteiger partial charge is 0.508 e. The molecule has 1 aromatic carbocycles. The Labute approximate surface area is 198 Å². The second-order valence-electron chi connectivity index (χ2n) is 8.94. The molecule has 4 aliphatic rings. The average molecular weight is 498 g/mol. The molecule has 0 aromatic heterocycles. The normalized spacial score (nSPS) is 38.6. The lowest BCUT2D eigenvalue weighted by Gasteiger charge is -2.50. The van der Waals surface area contributed by atoms with Crippen molar-refractivity contribution in [1.29, 1.82) is 0 Å². The molecule has 32 heavy (non-hydrogen) atoms. The van der Waals surface area contributed by atoms with Gasteiger partial charge in [-0.2, -0.15) is 0 Å². The number of rotatable bonds is 1. The maximum absolute atomic E-state index is 13.3. The third-order valence-corrected chi connectivity index (χ3v) is 9.18. The van der Waals surface area contributed by atoms with Gasteiger partial charge in [-0.25, -0.2) is 0 Å². The van der Waals surface area contributed by atoms with E-state index in [1.807, 2.05) is 0 Å². The molecule has 2 aliphatic carbocycles. The zero-order valence-electron chi connectivity index (χ0n) is 17.1. The molecule has 0 bridgehead atoms. The van der Waals surface area contributed by atoms with Crippen LogP contribution in [0.4, 0.5) is 0 Å². The number of hydrogen-bond acceptors (Lipinski definition) is 5. The standard InChI is InChI=1S/C22H19Cl3N2O5/c1-26-17(29)11-5-4-10-13(15(11)18(26)30)8-21(24)19(31)27(2)20(32)22(21,25)16(10)12-7-9(23)3-6-14(12)28/h3-4,6-7,11,13,15-16,28H,5,8H2,1-2H3. The van der Waals surface area contributed by atoms with E-state index >= 15 is 0 Å². The third kappa shape index (κ3) is 2.39. The monoisotopic (exact) mass is 496 g/mol. The van der Waals surface area contributed by atoms with Gasteiger partial charge in [-0.1, -0.05) is 23.3 Å². The van der Waals surface area contributed by atoms with Gasteiger partial charge in [0, 0.05) is 30.6 Å². The summed E-state index contributed by atoms with van der Waals surface area (Å²) in [6.45, 7) is 0. The van der Waals surface area contributed by atoms with Crippen molar-refractivity contribution in [1.82, 2.24) is 9.80 Å². The van der Waals surface area contributed by atoms with Crippen LogP contribution in [0, 0.1) is 17.8 Å². The number of amides is 4. The molecule has 1 aromatic rings. The number of carbonyl (C=O) groups excluding carboxylic acids is 4. The van der Waals surface area contributed by atoms with E-state index in [-0.39, 0.29) is 36.0 Å². The Bertz CT molecular complexity index is 1150. The van der Waals surface area contributed by atoms with Crippen molar-refractivity contribution in [2.24, 2.45) is 17.8 Å². The van der Waals surface area contributed by atoms with Crippen molar-refractivity contribution in [2.45, 2.75) is 28.5 Å². The van der Waals surface area contributed by atoms with E-state index in [0.29, 0.717) is 10.6 Å². The SMILES string of the molecule is CN1C(=O)C2CC=C3C(CC4(Cl)C(=O)N(C)C(=O)C4(Cl)C3c3cc(Cl)ccc3O)C2C1=O. The lowest BCUT2D eigenvalue weighted by molar-refractivity contribution is -0.140. The number of fused-ring (bicyclic) bond motifs is 4. The van der Waals surface area contributed by atoms with Crippen LogP contribution >= 0.6 is 34.8 Å². The van der Waals surface area contributed by atoms with Gasteiger partial charge >= 0.3 is 0 Å². The quantitative estimate of drug-likeness (QED) is 0.366. The molecule has 7 nitrogen and oxygen atoms in total. The van der Waals surface area contributed by atoms with Gasteiger partial charge in [0.05, 0.1) is 11.8 Å². The molecular formula is C22H19Cl3N2O5. The number of aromatic hydroxyl groups is 1. The highest BCUT2D eigenvalue weighted by atomic mass is 35.5. The molecule has 2 heterocycles. The predicted octanol–water partition coefficient (Wildman–Crippen LogP) is 2.66. The minimum absolute atomic E-state index is 0.0787. The molecule has 1 saturated carbocycles. The van der Waals surface area contributed by atoms with E-state index < -0.39 is 45.2 Å². The van der Waals surface area contributed by atoms with Crippen molar-refractivity contribution < 1.29 is 24.3 Å². The summed E-state index contributed by atoms with van der Waals surface area (Å²) in [5.74, 6) is -5.06. The molecule has 4 amide bonds. The van der Waals surface area contributed by atoms with Crippen molar-refractivity contribution >= 4 is 58.4 Å². The van der Waals surface area contributed by atoms with Gasteiger partial charge in [-0.15, -0.1) is 23.2 Å². The smallest absolute Gasteiger partial charge is 0.253 e. The van der Waals surface area contributed by atoms with E-state index in [9.17, 15) is 24.3 Å². The summed E-state index contributed by atoms with van der Waals surface area (Å²) < 4.78 is 0. The van der Waals surface area contributed by atoms with Gasteiger partial charge in [0.1, 0.15) is 5.75 Å². The lowest BCUT2D eigenvalue weighted by atomic mass is 9.56. The summed E-state index contributed by atoms with van der Waals surface area (Å²) in [5, 5.41) is 11.0. The number of benzene rings is 1. The molecule has 2 aliphatic heterocycles. The third-order valence-electron chi connectivity index (χ3n) is 7.54. The number of carbonyl (C=O) groups is 4. The molecule has 0 spiro atoms. The summed E-state index contributed by atoms with van der Waals surface area (Å²) in [4.78, 5) is 50.4. The minimum atomic E-state index is -1.94. The summed E-state index contributed by atoms with van der Waals surface area (Å²) >= 11 is 20.2. The number of phenols is 1. The molecule has 168 valence electrons. The molecule has 0 radical (unpaired) electrons. The number of nitrogens with zero attached hydrogens (tertiary/aromatic N) is 2. The molecule has 3 fully saturated rings. The highest BCUT2D eigenvalue weighted by molar-refractivity contribution is 6.53. The number of hydrogen-bond donors (Lipinski definition) is 1. The molecule has 5 rings (SSSR count). The fraction of sp³-hybridized carbons (Fsp3) is 0.455. The molecule has 1 N–H and O–H groups in total. The van der Waals surface area contributed by atoms with Crippen LogP contribution in [0.2, 0.25) is 5.02 Å². The van der Waals surface area contributed by atoms with E-state index in [4.69, 9.17) is 34.8 Å². The fourth-order valence-electron chi connectivity index (χ4n) is 6.00. The van der Waals surface area contributed by atoms with Crippen LogP contribution < -0.4 is 0 Å². The minimum Gasteiger partial charge on any atom is -0.508 e. The number of phenolic OH excluding ortho intramolecular Hbond substituents is 1. The first-order valence-electron chi connectivity index (χ1n) is 10.1. The van der Waals surface area contributed by atoms with Gasteiger partial charge in [-0.05, 0) is 37.0 Å². The number of likely N-dealkylation sites (tertiary alicyclic amines) is 2.